The maximum atomic E-state index is 13.7. The third-order valence-electron chi connectivity index (χ3n) is 3.75. The minimum absolute atomic E-state index is 0.118. The number of amides is 2. The fourth-order valence-electron chi connectivity index (χ4n) is 2.70. The number of halogens is 1. The Morgan fingerprint density at radius 1 is 1.24 bits per heavy atom. The third-order valence-corrected chi connectivity index (χ3v) is 3.75. The van der Waals surface area contributed by atoms with Gasteiger partial charge in [0.1, 0.15) is 11.4 Å². The Morgan fingerprint density at radius 3 is 2.38 bits per heavy atom. The van der Waals surface area contributed by atoms with Gasteiger partial charge in [-0.1, -0.05) is 12.1 Å². The topological polar surface area (TPSA) is 49.4 Å². The molecule has 1 aliphatic rings. The average molecular weight is 292 g/mol. The maximum absolute atomic E-state index is 13.7. The summed E-state index contributed by atoms with van der Waals surface area (Å²) in [5, 5.41) is 2.73. The Hall–Kier alpha value is -1.91. The number of carbonyl (C=O) groups excluding carboxylic acids is 2. The number of hydrogen-bond acceptors (Lipinski definition) is 2. The van der Waals surface area contributed by atoms with Crippen molar-refractivity contribution in [3.05, 3.63) is 34.6 Å². The molecule has 0 saturated carbocycles. The summed E-state index contributed by atoms with van der Waals surface area (Å²) < 4.78 is 13.7. The molecule has 0 aliphatic carbocycles. The van der Waals surface area contributed by atoms with E-state index >= 15 is 0 Å². The van der Waals surface area contributed by atoms with Gasteiger partial charge in [0.05, 0.1) is 0 Å². The van der Waals surface area contributed by atoms with Gasteiger partial charge in [-0.3, -0.25) is 9.59 Å². The minimum atomic E-state index is -0.905. The second-order valence-electron chi connectivity index (χ2n) is 6.19. The molecule has 1 saturated heterocycles. The standard InChI is InChI=1S/C16H21FN2O2/c1-10-7-12(8-11(2)14(10)17)9-19-6-5-13(20)18-16(3,4)15(19)21/h7-8H,5-6,9H2,1-4H3,(H,18,20). The molecule has 0 atom stereocenters. The largest absolute Gasteiger partial charge is 0.342 e. The third kappa shape index (κ3) is 3.23. The van der Waals surface area contributed by atoms with Gasteiger partial charge in [0.15, 0.2) is 0 Å². The number of nitrogens with zero attached hydrogens (tertiary/aromatic N) is 1. The van der Waals surface area contributed by atoms with Crippen molar-refractivity contribution in [2.45, 2.75) is 46.2 Å². The molecule has 2 amide bonds. The lowest BCUT2D eigenvalue weighted by Gasteiger charge is -2.29. The number of benzene rings is 1. The van der Waals surface area contributed by atoms with Crippen LogP contribution in [-0.4, -0.2) is 28.8 Å². The van der Waals surface area contributed by atoms with E-state index in [4.69, 9.17) is 0 Å². The van der Waals surface area contributed by atoms with Crippen LogP contribution < -0.4 is 5.32 Å². The van der Waals surface area contributed by atoms with E-state index in [-0.39, 0.29) is 24.1 Å². The summed E-state index contributed by atoms with van der Waals surface area (Å²) in [5.74, 6) is -0.451. The van der Waals surface area contributed by atoms with Crippen molar-refractivity contribution in [2.24, 2.45) is 0 Å². The lowest BCUT2D eigenvalue weighted by molar-refractivity contribution is -0.137. The van der Waals surface area contributed by atoms with E-state index in [0.717, 1.165) is 5.56 Å². The molecule has 0 radical (unpaired) electrons. The van der Waals surface area contributed by atoms with Gasteiger partial charge in [0.25, 0.3) is 0 Å². The van der Waals surface area contributed by atoms with Crippen molar-refractivity contribution in [3.8, 4) is 0 Å². The van der Waals surface area contributed by atoms with Gasteiger partial charge >= 0.3 is 0 Å². The number of carbonyl (C=O) groups is 2. The van der Waals surface area contributed by atoms with Gasteiger partial charge in [-0.15, -0.1) is 0 Å². The van der Waals surface area contributed by atoms with E-state index in [0.29, 0.717) is 24.2 Å². The predicted octanol–water partition coefficient (Wildman–Crippen LogP) is 2.07. The lowest BCUT2D eigenvalue weighted by atomic mass is 10.0. The van der Waals surface area contributed by atoms with E-state index < -0.39 is 5.54 Å². The Balaban J connectivity index is 2.26. The van der Waals surface area contributed by atoms with E-state index in [1.165, 1.54) is 0 Å². The molecule has 1 N–H and O–H groups in total. The number of hydrogen-bond donors (Lipinski definition) is 1. The lowest BCUT2D eigenvalue weighted by Crippen LogP contribution is -2.52. The van der Waals surface area contributed by atoms with Gasteiger partial charge in [-0.05, 0) is 44.4 Å². The zero-order valence-corrected chi connectivity index (χ0v) is 12.9. The smallest absolute Gasteiger partial charge is 0.248 e. The number of rotatable bonds is 2. The van der Waals surface area contributed by atoms with Crippen LogP contribution in [0.3, 0.4) is 0 Å². The van der Waals surface area contributed by atoms with Crippen molar-refractivity contribution in [2.75, 3.05) is 6.54 Å². The van der Waals surface area contributed by atoms with E-state index in [1.807, 2.05) is 0 Å². The van der Waals surface area contributed by atoms with Crippen LogP contribution in [0, 0.1) is 19.7 Å². The van der Waals surface area contributed by atoms with Crippen molar-refractivity contribution in [1.82, 2.24) is 10.2 Å². The first-order valence-electron chi connectivity index (χ1n) is 7.07. The number of aryl methyl sites for hydroxylation is 2. The zero-order valence-electron chi connectivity index (χ0n) is 12.9. The highest BCUT2D eigenvalue weighted by atomic mass is 19.1. The summed E-state index contributed by atoms with van der Waals surface area (Å²) >= 11 is 0. The van der Waals surface area contributed by atoms with Crippen LogP contribution in [0.5, 0.6) is 0 Å². The molecular weight excluding hydrogens is 271 g/mol. The molecule has 21 heavy (non-hydrogen) atoms. The molecule has 1 fully saturated rings. The van der Waals surface area contributed by atoms with Crippen LogP contribution in [0.25, 0.3) is 0 Å². The molecule has 0 bridgehead atoms. The Kier molecular flexibility index (Phi) is 4.03. The molecule has 5 heteroatoms. The SMILES string of the molecule is Cc1cc(CN2CCC(=O)NC(C)(C)C2=O)cc(C)c1F. The molecule has 114 valence electrons. The maximum Gasteiger partial charge on any atom is 0.248 e. The zero-order chi connectivity index (χ0) is 15.8. The summed E-state index contributed by atoms with van der Waals surface area (Å²) in [6.07, 6.45) is 0.286. The predicted molar refractivity (Wildman–Crippen MR) is 78.1 cm³/mol. The van der Waals surface area contributed by atoms with E-state index in [9.17, 15) is 14.0 Å². The molecule has 1 aromatic rings. The normalized spacial score (nSPS) is 18.4. The Labute approximate surface area is 124 Å². The first-order valence-corrected chi connectivity index (χ1v) is 7.07. The molecule has 0 unspecified atom stereocenters. The highest BCUT2D eigenvalue weighted by molar-refractivity contribution is 5.92. The van der Waals surface area contributed by atoms with Gasteiger partial charge in [-0.2, -0.15) is 0 Å². The first kappa shape index (κ1) is 15.5. The molecule has 4 nitrogen and oxygen atoms in total. The second kappa shape index (κ2) is 5.47. The second-order valence-corrected chi connectivity index (χ2v) is 6.19. The Morgan fingerprint density at radius 2 is 1.81 bits per heavy atom. The van der Waals surface area contributed by atoms with Gasteiger partial charge in [0.2, 0.25) is 11.8 Å². The van der Waals surface area contributed by atoms with Gasteiger partial charge in [-0.25, -0.2) is 4.39 Å². The molecule has 1 aromatic carbocycles. The van der Waals surface area contributed by atoms with Crippen LogP contribution in [0.15, 0.2) is 12.1 Å². The fourth-order valence-corrected chi connectivity index (χ4v) is 2.70. The molecular formula is C16H21FN2O2. The van der Waals surface area contributed by atoms with Crippen LogP contribution in [0.4, 0.5) is 4.39 Å². The summed E-state index contributed by atoms with van der Waals surface area (Å²) in [5.41, 5.74) is 1.11. The highest BCUT2D eigenvalue weighted by Gasteiger charge is 2.36. The summed E-state index contributed by atoms with van der Waals surface area (Å²) in [4.78, 5) is 25.8. The van der Waals surface area contributed by atoms with E-state index in [1.54, 1.807) is 44.7 Å². The van der Waals surface area contributed by atoms with Gasteiger partial charge < -0.3 is 10.2 Å². The van der Waals surface area contributed by atoms with E-state index in [2.05, 4.69) is 5.32 Å². The van der Waals surface area contributed by atoms with Crippen LogP contribution in [0.1, 0.15) is 37.0 Å². The highest BCUT2D eigenvalue weighted by Crippen LogP contribution is 2.19. The van der Waals surface area contributed by atoms with Crippen molar-refractivity contribution >= 4 is 11.8 Å². The van der Waals surface area contributed by atoms with Crippen molar-refractivity contribution in [3.63, 3.8) is 0 Å². The average Bonchev–Trinajstić information content (AvgIpc) is 2.47. The summed E-state index contributed by atoms with van der Waals surface area (Å²) in [6.45, 7) is 7.60. The van der Waals surface area contributed by atoms with Crippen LogP contribution >= 0.6 is 0 Å². The van der Waals surface area contributed by atoms with Crippen molar-refractivity contribution in [1.29, 1.82) is 0 Å². The quantitative estimate of drug-likeness (QED) is 0.907. The minimum Gasteiger partial charge on any atom is -0.342 e. The number of nitrogens with one attached hydrogen (secondary N) is 1. The molecule has 1 heterocycles. The monoisotopic (exact) mass is 292 g/mol. The van der Waals surface area contributed by atoms with Crippen LogP contribution in [0.2, 0.25) is 0 Å². The first-order chi connectivity index (χ1) is 9.70. The molecule has 0 spiro atoms. The molecule has 2 rings (SSSR count). The summed E-state index contributed by atoms with van der Waals surface area (Å²) in [7, 11) is 0. The fraction of sp³-hybridized carbons (Fsp3) is 0.500. The van der Waals surface area contributed by atoms with Crippen LogP contribution in [-0.2, 0) is 16.1 Å². The van der Waals surface area contributed by atoms with Gasteiger partial charge in [0, 0.05) is 19.5 Å². The Bertz CT molecular complexity index is 573. The van der Waals surface area contributed by atoms with Crippen molar-refractivity contribution < 1.29 is 14.0 Å². The molecule has 0 aromatic heterocycles. The summed E-state index contributed by atoms with van der Waals surface area (Å²) in [6, 6.07) is 3.51. The molecule has 1 aliphatic heterocycles.